The number of ether oxygens (including phenoxy) is 2. The molecular formula is C19H33NO8. The highest BCUT2D eigenvalue weighted by Crippen LogP contribution is 2.20. The quantitative estimate of drug-likeness (QED) is 0.264. The number of esters is 1. The van der Waals surface area contributed by atoms with E-state index in [0.29, 0.717) is 25.7 Å². The Labute approximate surface area is 165 Å². The summed E-state index contributed by atoms with van der Waals surface area (Å²) in [6, 6.07) is -0.692. The van der Waals surface area contributed by atoms with E-state index in [1.165, 1.54) is 0 Å². The number of hydrogen-bond acceptors (Lipinski definition) is 7. The van der Waals surface area contributed by atoms with Crippen molar-refractivity contribution in [2.24, 2.45) is 0 Å². The molecule has 1 heterocycles. The van der Waals surface area contributed by atoms with E-state index in [2.05, 4.69) is 5.32 Å². The number of unbranched alkanes of at least 4 members (excludes halogenated alkanes) is 4. The zero-order valence-electron chi connectivity index (χ0n) is 16.5. The summed E-state index contributed by atoms with van der Waals surface area (Å²) in [4.78, 5) is 33.8. The van der Waals surface area contributed by atoms with E-state index < -0.39 is 36.5 Å². The van der Waals surface area contributed by atoms with Gasteiger partial charge in [0.05, 0.1) is 12.1 Å². The molecule has 162 valence electrons. The van der Waals surface area contributed by atoms with Crippen molar-refractivity contribution in [3.8, 4) is 0 Å². The van der Waals surface area contributed by atoms with Crippen LogP contribution in [0.3, 0.4) is 0 Å². The minimum atomic E-state index is -1.27. The molecule has 1 fully saturated rings. The number of aliphatic carboxylic acids is 1. The van der Waals surface area contributed by atoms with Crippen LogP contribution < -0.4 is 5.32 Å². The van der Waals surface area contributed by atoms with Crippen LogP contribution in [0.2, 0.25) is 0 Å². The van der Waals surface area contributed by atoms with Crippen molar-refractivity contribution in [1.82, 2.24) is 5.32 Å². The van der Waals surface area contributed by atoms with Crippen molar-refractivity contribution in [1.29, 1.82) is 0 Å². The molecule has 1 saturated heterocycles. The molecule has 0 aromatic heterocycles. The van der Waals surface area contributed by atoms with Crippen LogP contribution in [0.15, 0.2) is 0 Å². The molecule has 28 heavy (non-hydrogen) atoms. The fraction of sp³-hybridized carbons (Fsp3) is 0.842. The van der Waals surface area contributed by atoms with Crippen LogP contribution in [0.4, 0.5) is 0 Å². The summed E-state index contributed by atoms with van der Waals surface area (Å²) in [5.74, 6) is -1.42. The Balaban J connectivity index is 2.18. The smallest absolute Gasteiger partial charge is 0.305 e. The first kappa shape index (κ1) is 24.3. The third-order valence-corrected chi connectivity index (χ3v) is 4.59. The van der Waals surface area contributed by atoms with Crippen LogP contribution in [-0.4, -0.2) is 64.3 Å². The second-order valence-electron chi connectivity index (χ2n) is 7.14. The number of carboxylic acids is 1. The Kier molecular flexibility index (Phi) is 11.7. The number of amides is 1. The van der Waals surface area contributed by atoms with Crippen molar-refractivity contribution in [2.45, 2.75) is 95.7 Å². The molecule has 1 unspecified atom stereocenters. The molecule has 0 aromatic carbocycles. The van der Waals surface area contributed by atoms with Gasteiger partial charge in [0.2, 0.25) is 5.91 Å². The van der Waals surface area contributed by atoms with E-state index in [-0.39, 0.29) is 31.8 Å². The average molecular weight is 403 g/mol. The molecule has 1 aliphatic heterocycles. The highest BCUT2D eigenvalue weighted by Gasteiger charge is 2.37. The first-order valence-electron chi connectivity index (χ1n) is 10.0. The maximum Gasteiger partial charge on any atom is 0.305 e. The van der Waals surface area contributed by atoms with E-state index >= 15 is 0 Å². The molecule has 4 atom stereocenters. The van der Waals surface area contributed by atoms with Gasteiger partial charge in [-0.05, 0) is 19.3 Å². The standard InChI is InChI=1S/C19H33NO8/c1-2-8-16(22)20-13-11-14(21)15(28-19(13)26)12-27-18(25)10-7-5-3-4-6-9-17(23)24/h13-15,19,21,26H,2-12H2,1H3,(H,20,22)(H,23,24)/t13-,14+,15-,19?/m1/s1. The van der Waals surface area contributed by atoms with Gasteiger partial charge >= 0.3 is 11.9 Å². The molecule has 0 radical (unpaired) electrons. The number of aliphatic hydroxyl groups is 2. The van der Waals surface area contributed by atoms with Crippen LogP contribution in [0.25, 0.3) is 0 Å². The Morgan fingerprint density at radius 3 is 2.32 bits per heavy atom. The predicted octanol–water partition coefficient (Wildman–Crippen LogP) is 1.10. The van der Waals surface area contributed by atoms with Gasteiger partial charge < -0.3 is 30.1 Å². The fourth-order valence-electron chi connectivity index (χ4n) is 3.00. The summed E-state index contributed by atoms with van der Waals surface area (Å²) in [5, 5.41) is 31.3. The lowest BCUT2D eigenvalue weighted by atomic mass is 10.0. The predicted molar refractivity (Wildman–Crippen MR) is 99.3 cm³/mol. The Bertz CT molecular complexity index is 498. The first-order chi connectivity index (χ1) is 13.3. The summed E-state index contributed by atoms with van der Waals surface area (Å²) in [6.45, 7) is 1.71. The van der Waals surface area contributed by atoms with Gasteiger partial charge in [-0.1, -0.05) is 26.2 Å². The zero-order chi connectivity index (χ0) is 20.9. The van der Waals surface area contributed by atoms with Crippen molar-refractivity contribution < 1.29 is 39.2 Å². The Hall–Kier alpha value is -1.71. The number of carbonyl (C=O) groups excluding carboxylic acids is 2. The second-order valence-corrected chi connectivity index (χ2v) is 7.14. The highest BCUT2D eigenvalue weighted by atomic mass is 16.6. The van der Waals surface area contributed by atoms with Gasteiger partial charge in [0, 0.05) is 25.7 Å². The van der Waals surface area contributed by atoms with Crippen LogP contribution in [0.1, 0.15) is 71.1 Å². The summed E-state index contributed by atoms with van der Waals surface area (Å²) in [7, 11) is 0. The topological polar surface area (TPSA) is 142 Å². The van der Waals surface area contributed by atoms with Gasteiger partial charge in [0.1, 0.15) is 12.7 Å². The van der Waals surface area contributed by atoms with Crippen LogP contribution >= 0.6 is 0 Å². The molecule has 1 aliphatic rings. The average Bonchev–Trinajstić information content (AvgIpc) is 2.62. The molecule has 4 N–H and O–H groups in total. The van der Waals surface area contributed by atoms with Crippen molar-refractivity contribution >= 4 is 17.8 Å². The molecule has 1 amide bonds. The van der Waals surface area contributed by atoms with Crippen molar-refractivity contribution in [3.63, 3.8) is 0 Å². The van der Waals surface area contributed by atoms with Gasteiger partial charge in [0.25, 0.3) is 0 Å². The summed E-state index contributed by atoms with van der Waals surface area (Å²) >= 11 is 0. The monoisotopic (exact) mass is 403 g/mol. The van der Waals surface area contributed by atoms with E-state index in [1.54, 1.807) is 0 Å². The fourth-order valence-corrected chi connectivity index (χ4v) is 3.00. The summed E-state index contributed by atoms with van der Waals surface area (Å²) < 4.78 is 10.4. The van der Waals surface area contributed by atoms with Crippen LogP contribution in [-0.2, 0) is 23.9 Å². The minimum absolute atomic E-state index is 0.120. The van der Waals surface area contributed by atoms with Crippen LogP contribution in [0.5, 0.6) is 0 Å². The number of rotatable bonds is 13. The largest absolute Gasteiger partial charge is 0.481 e. The molecule has 0 bridgehead atoms. The van der Waals surface area contributed by atoms with E-state index in [1.807, 2.05) is 6.92 Å². The lowest BCUT2D eigenvalue weighted by Gasteiger charge is -2.37. The minimum Gasteiger partial charge on any atom is -0.481 e. The molecular weight excluding hydrogens is 370 g/mol. The lowest BCUT2D eigenvalue weighted by molar-refractivity contribution is -0.224. The third kappa shape index (κ3) is 10.0. The normalized spacial score (nSPS) is 24.5. The number of carboxylic acid groups (broad SMARTS) is 1. The molecule has 0 aromatic rings. The van der Waals surface area contributed by atoms with E-state index in [9.17, 15) is 24.6 Å². The zero-order valence-corrected chi connectivity index (χ0v) is 16.5. The Morgan fingerprint density at radius 2 is 1.68 bits per heavy atom. The maximum absolute atomic E-state index is 11.8. The van der Waals surface area contributed by atoms with Gasteiger partial charge in [-0.2, -0.15) is 0 Å². The van der Waals surface area contributed by atoms with E-state index in [4.69, 9.17) is 14.6 Å². The molecule has 1 rings (SSSR count). The van der Waals surface area contributed by atoms with Gasteiger partial charge in [-0.3, -0.25) is 14.4 Å². The highest BCUT2D eigenvalue weighted by molar-refractivity contribution is 5.76. The molecule has 0 spiro atoms. The molecule has 9 nitrogen and oxygen atoms in total. The summed E-state index contributed by atoms with van der Waals surface area (Å²) in [6.07, 6.45) is 2.25. The second kappa shape index (κ2) is 13.5. The maximum atomic E-state index is 11.8. The number of carbonyl (C=O) groups is 3. The SMILES string of the molecule is CCCC(=O)N[C@@H]1C[C@H](O)[C@@H](COC(=O)CCCCCCCC(=O)O)OC1O. The van der Waals surface area contributed by atoms with Crippen molar-refractivity contribution in [3.05, 3.63) is 0 Å². The first-order valence-corrected chi connectivity index (χ1v) is 10.0. The van der Waals surface area contributed by atoms with Gasteiger partial charge in [-0.25, -0.2) is 0 Å². The van der Waals surface area contributed by atoms with Gasteiger partial charge in [0.15, 0.2) is 6.29 Å². The van der Waals surface area contributed by atoms with E-state index in [0.717, 1.165) is 19.3 Å². The number of aliphatic hydroxyl groups excluding tert-OH is 2. The number of hydrogen-bond donors (Lipinski definition) is 4. The van der Waals surface area contributed by atoms with Crippen LogP contribution in [0, 0.1) is 0 Å². The molecule has 0 aliphatic carbocycles. The number of nitrogens with one attached hydrogen (secondary N) is 1. The molecule has 0 saturated carbocycles. The molecule has 9 heteroatoms. The van der Waals surface area contributed by atoms with Crippen molar-refractivity contribution in [2.75, 3.05) is 6.61 Å². The summed E-state index contributed by atoms with van der Waals surface area (Å²) in [5.41, 5.74) is 0. The Morgan fingerprint density at radius 1 is 1.04 bits per heavy atom. The lowest BCUT2D eigenvalue weighted by Crippen LogP contribution is -2.55. The third-order valence-electron chi connectivity index (χ3n) is 4.59. The van der Waals surface area contributed by atoms with Gasteiger partial charge in [-0.15, -0.1) is 0 Å².